The van der Waals surface area contributed by atoms with Gasteiger partial charge in [0.2, 0.25) is 5.91 Å². The SMILES string of the molecule is COCC(=O)Nc1cc(N2C(=S)NC(c3ccccn3)C2c2cc(C)n(C(C)C)c2C)ccc1OC. The van der Waals surface area contributed by atoms with E-state index in [4.69, 9.17) is 21.7 Å². The average molecular weight is 508 g/mol. The molecule has 1 saturated heterocycles. The molecule has 2 unspecified atom stereocenters. The van der Waals surface area contributed by atoms with Crippen LogP contribution in [0.4, 0.5) is 11.4 Å². The molecule has 1 aliphatic rings. The summed E-state index contributed by atoms with van der Waals surface area (Å²) in [7, 11) is 3.06. The number of pyridine rings is 1. The Morgan fingerprint density at radius 2 is 1.97 bits per heavy atom. The maximum atomic E-state index is 12.3. The number of carbonyl (C=O) groups excluding carboxylic acids is 1. The van der Waals surface area contributed by atoms with Crippen LogP contribution in [-0.2, 0) is 9.53 Å². The summed E-state index contributed by atoms with van der Waals surface area (Å²) in [5.41, 5.74) is 5.84. The molecular weight excluding hydrogens is 474 g/mol. The Balaban J connectivity index is 1.85. The van der Waals surface area contributed by atoms with Crippen molar-refractivity contribution in [3.63, 3.8) is 0 Å². The predicted molar refractivity (Wildman–Crippen MR) is 146 cm³/mol. The van der Waals surface area contributed by atoms with Crippen LogP contribution in [0.5, 0.6) is 5.75 Å². The van der Waals surface area contributed by atoms with Gasteiger partial charge in [0.15, 0.2) is 5.11 Å². The van der Waals surface area contributed by atoms with E-state index in [-0.39, 0.29) is 24.6 Å². The van der Waals surface area contributed by atoms with Crippen molar-refractivity contribution >= 4 is 34.6 Å². The summed E-state index contributed by atoms with van der Waals surface area (Å²) in [6.45, 7) is 8.61. The van der Waals surface area contributed by atoms with Crippen LogP contribution in [-0.4, -0.2) is 41.4 Å². The van der Waals surface area contributed by atoms with E-state index < -0.39 is 0 Å². The van der Waals surface area contributed by atoms with Gasteiger partial charge in [-0.15, -0.1) is 0 Å². The first kappa shape index (κ1) is 25.7. The quantitative estimate of drug-likeness (QED) is 0.422. The predicted octanol–water partition coefficient (Wildman–Crippen LogP) is 4.85. The molecule has 2 aromatic heterocycles. The van der Waals surface area contributed by atoms with Gasteiger partial charge in [-0.2, -0.15) is 0 Å². The topological polar surface area (TPSA) is 80.7 Å². The number of aromatic nitrogens is 2. The molecule has 2 atom stereocenters. The zero-order valence-electron chi connectivity index (χ0n) is 21.5. The van der Waals surface area contributed by atoms with Crippen LogP contribution in [0.3, 0.4) is 0 Å². The van der Waals surface area contributed by atoms with Gasteiger partial charge in [0.25, 0.3) is 0 Å². The van der Waals surface area contributed by atoms with E-state index in [1.165, 1.54) is 24.1 Å². The van der Waals surface area contributed by atoms with Crippen LogP contribution in [0.1, 0.15) is 54.6 Å². The first-order chi connectivity index (χ1) is 17.3. The number of nitrogens with zero attached hydrogens (tertiary/aromatic N) is 3. The van der Waals surface area contributed by atoms with Gasteiger partial charge < -0.3 is 29.6 Å². The van der Waals surface area contributed by atoms with Crippen LogP contribution < -0.4 is 20.3 Å². The van der Waals surface area contributed by atoms with Crippen LogP contribution in [0.2, 0.25) is 0 Å². The van der Waals surface area contributed by atoms with E-state index >= 15 is 0 Å². The summed E-state index contributed by atoms with van der Waals surface area (Å²) in [6.07, 6.45) is 1.80. The molecule has 9 heteroatoms. The highest BCUT2D eigenvalue weighted by molar-refractivity contribution is 7.80. The Bertz CT molecular complexity index is 1260. The van der Waals surface area contributed by atoms with Crippen molar-refractivity contribution in [2.75, 3.05) is 31.0 Å². The minimum Gasteiger partial charge on any atom is -0.495 e. The minimum absolute atomic E-state index is 0.0529. The molecule has 1 amide bonds. The summed E-state index contributed by atoms with van der Waals surface area (Å²) in [5, 5.41) is 6.98. The first-order valence-corrected chi connectivity index (χ1v) is 12.3. The molecule has 190 valence electrons. The molecule has 3 aromatic rings. The molecule has 1 aromatic carbocycles. The van der Waals surface area contributed by atoms with Gasteiger partial charge in [-0.25, -0.2) is 0 Å². The monoisotopic (exact) mass is 507 g/mol. The van der Waals surface area contributed by atoms with E-state index in [2.05, 4.69) is 58.8 Å². The average Bonchev–Trinajstić information content (AvgIpc) is 3.34. The lowest BCUT2D eigenvalue weighted by molar-refractivity contribution is -0.119. The standard InChI is InChI=1S/C27H33N5O3S/c1-16(2)31-17(3)13-20(18(31)4)26-25(21-9-7-8-12-28-21)30-27(36)32(26)19-10-11-23(35-6)22(14-19)29-24(33)15-34-5/h7-14,16,25-26H,15H2,1-6H3,(H,29,33)(H,30,36). The first-order valence-electron chi connectivity index (χ1n) is 11.9. The van der Waals surface area contributed by atoms with E-state index in [9.17, 15) is 4.79 Å². The Kier molecular flexibility index (Phi) is 7.61. The Morgan fingerprint density at radius 3 is 2.58 bits per heavy atom. The van der Waals surface area contributed by atoms with Crippen LogP contribution >= 0.6 is 12.2 Å². The number of anilines is 2. The summed E-state index contributed by atoms with van der Waals surface area (Å²) < 4.78 is 12.8. The summed E-state index contributed by atoms with van der Waals surface area (Å²) in [4.78, 5) is 19.0. The van der Waals surface area contributed by atoms with Crippen molar-refractivity contribution in [3.05, 3.63) is 71.3 Å². The van der Waals surface area contributed by atoms with E-state index in [0.717, 1.165) is 11.4 Å². The molecule has 2 N–H and O–H groups in total. The molecule has 3 heterocycles. The maximum Gasteiger partial charge on any atom is 0.250 e. The zero-order valence-corrected chi connectivity index (χ0v) is 22.3. The van der Waals surface area contributed by atoms with Gasteiger partial charge in [-0.3, -0.25) is 9.78 Å². The van der Waals surface area contributed by atoms with E-state index in [1.807, 2.05) is 36.4 Å². The van der Waals surface area contributed by atoms with Crippen molar-refractivity contribution < 1.29 is 14.3 Å². The molecule has 0 spiro atoms. The highest BCUT2D eigenvalue weighted by Crippen LogP contribution is 2.45. The minimum atomic E-state index is -0.265. The van der Waals surface area contributed by atoms with Crippen molar-refractivity contribution in [1.29, 1.82) is 0 Å². The number of hydrogen-bond donors (Lipinski definition) is 2. The molecule has 0 aliphatic carbocycles. The second kappa shape index (κ2) is 10.7. The van der Waals surface area contributed by atoms with Crippen LogP contribution in [0.15, 0.2) is 48.7 Å². The highest BCUT2D eigenvalue weighted by atomic mass is 32.1. The number of nitrogens with one attached hydrogen (secondary N) is 2. The number of rotatable bonds is 8. The van der Waals surface area contributed by atoms with Gasteiger partial charge in [0.05, 0.1) is 30.6 Å². The smallest absolute Gasteiger partial charge is 0.250 e. The third-order valence-electron chi connectivity index (χ3n) is 6.47. The van der Waals surface area contributed by atoms with E-state index in [1.54, 1.807) is 13.3 Å². The maximum absolute atomic E-state index is 12.3. The fourth-order valence-electron chi connectivity index (χ4n) is 5.11. The number of hydrogen-bond acceptors (Lipinski definition) is 5. The third-order valence-corrected chi connectivity index (χ3v) is 6.78. The largest absolute Gasteiger partial charge is 0.495 e. The molecule has 4 rings (SSSR count). The Hall–Kier alpha value is -3.43. The van der Waals surface area contributed by atoms with E-state index in [0.29, 0.717) is 22.6 Å². The third kappa shape index (κ3) is 4.81. The summed E-state index contributed by atoms with van der Waals surface area (Å²) in [5.74, 6) is 0.288. The second-order valence-electron chi connectivity index (χ2n) is 9.15. The summed E-state index contributed by atoms with van der Waals surface area (Å²) in [6, 6.07) is 13.8. The number of carbonyl (C=O) groups is 1. The van der Waals surface area contributed by atoms with Gasteiger partial charge in [0.1, 0.15) is 12.4 Å². The second-order valence-corrected chi connectivity index (χ2v) is 9.54. The zero-order chi connectivity index (χ0) is 26.0. The van der Waals surface area contributed by atoms with Crippen LogP contribution in [0, 0.1) is 13.8 Å². The van der Waals surface area contributed by atoms with Crippen LogP contribution in [0.25, 0.3) is 0 Å². The number of ether oxygens (including phenoxy) is 2. The lowest BCUT2D eigenvalue weighted by Crippen LogP contribution is -2.30. The molecule has 0 radical (unpaired) electrons. The molecule has 36 heavy (non-hydrogen) atoms. The lowest BCUT2D eigenvalue weighted by Gasteiger charge is -2.29. The van der Waals surface area contributed by atoms with Crippen molar-refractivity contribution in [2.45, 2.75) is 45.8 Å². The lowest BCUT2D eigenvalue weighted by atomic mass is 9.96. The van der Waals surface area contributed by atoms with Gasteiger partial charge in [-0.05, 0) is 81.9 Å². The number of amides is 1. The molecule has 0 bridgehead atoms. The van der Waals surface area contributed by atoms with Crippen molar-refractivity contribution in [1.82, 2.24) is 14.9 Å². The number of thiocarbonyl (C=S) groups is 1. The molecule has 8 nitrogen and oxygen atoms in total. The van der Waals surface area contributed by atoms with Crippen molar-refractivity contribution in [3.8, 4) is 5.75 Å². The Morgan fingerprint density at radius 1 is 1.19 bits per heavy atom. The van der Waals surface area contributed by atoms with Crippen molar-refractivity contribution in [2.24, 2.45) is 0 Å². The molecular formula is C27H33N5O3S. The molecule has 1 aliphatic heterocycles. The highest BCUT2D eigenvalue weighted by Gasteiger charge is 2.42. The van der Waals surface area contributed by atoms with Gasteiger partial charge in [0, 0.05) is 36.4 Å². The van der Waals surface area contributed by atoms with Gasteiger partial charge >= 0.3 is 0 Å². The molecule has 0 saturated carbocycles. The summed E-state index contributed by atoms with van der Waals surface area (Å²) >= 11 is 5.89. The fourth-order valence-corrected chi connectivity index (χ4v) is 5.45. The number of methoxy groups -OCH3 is 2. The normalized spacial score (nSPS) is 17.4. The fraction of sp³-hybridized carbons (Fsp3) is 0.370. The van der Waals surface area contributed by atoms with Gasteiger partial charge in [-0.1, -0.05) is 6.07 Å². The number of benzene rings is 1. The Labute approximate surface area is 217 Å². The number of aryl methyl sites for hydroxylation is 1. The molecule has 1 fully saturated rings.